The van der Waals surface area contributed by atoms with Gasteiger partial charge in [0.25, 0.3) is 0 Å². The van der Waals surface area contributed by atoms with Crippen LogP contribution in [0.25, 0.3) is 10.8 Å². The number of likely N-dealkylation sites (N-methyl/N-ethyl adjacent to an activating group) is 1. The van der Waals surface area contributed by atoms with Crippen molar-refractivity contribution < 1.29 is 9.90 Å². The van der Waals surface area contributed by atoms with Crippen LogP contribution in [0.4, 0.5) is 4.79 Å². The first kappa shape index (κ1) is 16.3. The maximum Gasteiger partial charge on any atom is 0.317 e. The summed E-state index contributed by atoms with van der Waals surface area (Å²) in [6.07, 6.45) is 0.255. The summed E-state index contributed by atoms with van der Waals surface area (Å²) in [5.74, 6) is 0. The predicted octanol–water partition coefficient (Wildman–Crippen LogP) is 2.79. The topological polar surface area (TPSA) is 52.6 Å². The molecule has 2 atom stereocenters. The van der Waals surface area contributed by atoms with E-state index in [2.05, 4.69) is 35.6 Å². The van der Waals surface area contributed by atoms with Crippen LogP contribution in [0.5, 0.6) is 0 Å². The Labute approximate surface area is 131 Å². The summed E-state index contributed by atoms with van der Waals surface area (Å²) in [5, 5.41) is 14.7. The maximum atomic E-state index is 12.0. The van der Waals surface area contributed by atoms with Crippen LogP contribution < -0.4 is 5.32 Å². The molecule has 0 saturated carbocycles. The Morgan fingerprint density at radius 2 is 1.86 bits per heavy atom. The zero-order valence-electron chi connectivity index (χ0n) is 13.4. The molecule has 0 heterocycles. The van der Waals surface area contributed by atoms with Crippen LogP contribution in [-0.4, -0.2) is 41.8 Å². The highest BCUT2D eigenvalue weighted by Gasteiger charge is 2.13. The third-order valence-electron chi connectivity index (χ3n) is 3.61. The van der Waals surface area contributed by atoms with Crippen molar-refractivity contribution in [2.75, 3.05) is 13.6 Å². The van der Waals surface area contributed by atoms with Gasteiger partial charge in [0.05, 0.1) is 6.10 Å². The van der Waals surface area contributed by atoms with Gasteiger partial charge in [-0.3, -0.25) is 0 Å². The first-order valence-electron chi connectivity index (χ1n) is 7.63. The predicted molar refractivity (Wildman–Crippen MR) is 90.0 cm³/mol. The molecule has 0 radical (unpaired) electrons. The van der Waals surface area contributed by atoms with Gasteiger partial charge in [-0.15, -0.1) is 0 Å². The lowest BCUT2D eigenvalue weighted by atomic mass is 10.0. The van der Waals surface area contributed by atoms with Gasteiger partial charge in [0.15, 0.2) is 0 Å². The van der Waals surface area contributed by atoms with E-state index in [4.69, 9.17) is 0 Å². The van der Waals surface area contributed by atoms with Gasteiger partial charge in [-0.05, 0) is 36.6 Å². The molecule has 0 saturated heterocycles. The van der Waals surface area contributed by atoms with Crippen molar-refractivity contribution >= 4 is 16.8 Å². The van der Waals surface area contributed by atoms with Gasteiger partial charge in [-0.25, -0.2) is 4.79 Å². The second-order valence-corrected chi connectivity index (χ2v) is 5.97. The van der Waals surface area contributed by atoms with E-state index in [0.29, 0.717) is 6.54 Å². The summed E-state index contributed by atoms with van der Waals surface area (Å²) in [5.41, 5.74) is 1.20. The molecule has 0 aliphatic heterocycles. The molecule has 118 valence electrons. The summed E-state index contributed by atoms with van der Waals surface area (Å²) < 4.78 is 0. The number of nitrogens with zero attached hydrogens (tertiary/aromatic N) is 1. The third kappa shape index (κ3) is 4.46. The smallest absolute Gasteiger partial charge is 0.317 e. The van der Waals surface area contributed by atoms with E-state index in [0.717, 1.165) is 6.42 Å². The molecular formula is C18H24N2O2. The van der Waals surface area contributed by atoms with Crippen molar-refractivity contribution in [1.29, 1.82) is 0 Å². The minimum absolute atomic E-state index is 0.0325. The molecule has 22 heavy (non-hydrogen) atoms. The van der Waals surface area contributed by atoms with Crippen LogP contribution in [0, 0.1) is 0 Å². The number of carbonyl (C=O) groups excluding carboxylic acids is 1. The monoisotopic (exact) mass is 300 g/mol. The van der Waals surface area contributed by atoms with E-state index in [-0.39, 0.29) is 12.1 Å². The van der Waals surface area contributed by atoms with Crippen molar-refractivity contribution in [3.05, 3.63) is 48.0 Å². The molecule has 4 nitrogen and oxygen atoms in total. The van der Waals surface area contributed by atoms with E-state index >= 15 is 0 Å². The number of carbonyl (C=O) groups is 1. The van der Waals surface area contributed by atoms with Crippen LogP contribution in [-0.2, 0) is 6.42 Å². The summed E-state index contributed by atoms with van der Waals surface area (Å²) in [4.78, 5) is 13.5. The third-order valence-corrected chi connectivity index (χ3v) is 3.61. The maximum absolute atomic E-state index is 12.0. The van der Waals surface area contributed by atoms with E-state index in [9.17, 15) is 9.90 Å². The Morgan fingerprint density at radius 1 is 1.18 bits per heavy atom. The van der Waals surface area contributed by atoms with Crippen LogP contribution in [0.3, 0.4) is 0 Å². The number of nitrogens with one attached hydrogen (secondary N) is 1. The Kier molecular flexibility index (Phi) is 5.39. The lowest BCUT2D eigenvalue weighted by Gasteiger charge is -2.22. The molecule has 0 aromatic heterocycles. The Hall–Kier alpha value is -2.07. The molecule has 2 aromatic carbocycles. The van der Waals surface area contributed by atoms with Crippen molar-refractivity contribution in [3.8, 4) is 0 Å². The number of aliphatic hydroxyl groups excluding tert-OH is 1. The number of aliphatic hydroxyl groups is 1. The number of hydrogen-bond donors (Lipinski definition) is 2. The molecule has 0 bridgehead atoms. The van der Waals surface area contributed by atoms with Crippen molar-refractivity contribution in [2.24, 2.45) is 0 Å². The SMILES string of the molecule is C[C@H](O)CN(C)C(=O)N[C@H](C)Cc1ccc2ccccc2c1. The summed E-state index contributed by atoms with van der Waals surface area (Å²) in [6, 6.07) is 14.5. The van der Waals surface area contributed by atoms with Gasteiger partial charge in [0.1, 0.15) is 0 Å². The number of benzene rings is 2. The van der Waals surface area contributed by atoms with Crippen LogP contribution >= 0.6 is 0 Å². The van der Waals surface area contributed by atoms with Gasteiger partial charge < -0.3 is 15.3 Å². The standard InChI is InChI=1S/C18H24N2O2/c1-13(19-18(22)20(3)12-14(2)21)10-15-8-9-16-6-4-5-7-17(16)11-15/h4-9,11,13-14,21H,10,12H2,1-3H3,(H,19,22)/t13-,14+/m1/s1. The lowest BCUT2D eigenvalue weighted by molar-refractivity contribution is 0.142. The number of fused-ring (bicyclic) bond motifs is 1. The van der Waals surface area contributed by atoms with Crippen LogP contribution in [0.1, 0.15) is 19.4 Å². The molecule has 4 heteroatoms. The molecule has 2 N–H and O–H groups in total. The van der Waals surface area contributed by atoms with Crippen LogP contribution in [0.2, 0.25) is 0 Å². The number of rotatable bonds is 5. The molecule has 2 rings (SSSR count). The summed E-state index contributed by atoms with van der Waals surface area (Å²) in [7, 11) is 1.69. The minimum Gasteiger partial charge on any atom is -0.392 e. The van der Waals surface area contributed by atoms with E-state index in [1.165, 1.54) is 21.2 Å². The highest BCUT2D eigenvalue weighted by molar-refractivity contribution is 5.83. The number of amides is 2. The van der Waals surface area contributed by atoms with Crippen molar-refractivity contribution in [3.63, 3.8) is 0 Å². The first-order valence-corrected chi connectivity index (χ1v) is 7.63. The Bertz CT molecular complexity index is 640. The zero-order valence-corrected chi connectivity index (χ0v) is 13.4. The number of urea groups is 1. The molecule has 2 aromatic rings. The lowest BCUT2D eigenvalue weighted by Crippen LogP contribution is -2.44. The fourth-order valence-electron chi connectivity index (χ4n) is 2.57. The first-order chi connectivity index (χ1) is 10.5. The van der Waals surface area contributed by atoms with Gasteiger partial charge in [-0.1, -0.05) is 42.5 Å². The van der Waals surface area contributed by atoms with E-state index in [1.54, 1.807) is 14.0 Å². The van der Waals surface area contributed by atoms with Crippen molar-refractivity contribution in [1.82, 2.24) is 10.2 Å². The normalized spacial score (nSPS) is 13.6. The molecule has 0 aliphatic rings. The van der Waals surface area contributed by atoms with Gasteiger partial charge in [-0.2, -0.15) is 0 Å². The average Bonchev–Trinajstić information content (AvgIpc) is 2.46. The molecular weight excluding hydrogens is 276 g/mol. The average molecular weight is 300 g/mol. The van der Waals surface area contributed by atoms with Crippen molar-refractivity contribution in [2.45, 2.75) is 32.4 Å². The second kappa shape index (κ2) is 7.27. The Morgan fingerprint density at radius 3 is 2.55 bits per heavy atom. The zero-order chi connectivity index (χ0) is 16.1. The molecule has 0 unspecified atom stereocenters. The summed E-state index contributed by atoms with van der Waals surface area (Å²) >= 11 is 0. The highest BCUT2D eigenvalue weighted by atomic mass is 16.3. The largest absolute Gasteiger partial charge is 0.392 e. The Balaban J connectivity index is 1.95. The molecule has 0 fully saturated rings. The molecule has 0 spiro atoms. The fraction of sp³-hybridized carbons (Fsp3) is 0.389. The second-order valence-electron chi connectivity index (χ2n) is 5.97. The molecule has 2 amide bonds. The van der Waals surface area contributed by atoms with Gasteiger partial charge in [0.2, 0.25) is 0 Å². The quantitative estimate of drug-likeness (QED) is 0.892. The minimum atomic E-state index is -0.522. The van der Waals surface area contributed by atoms with Gasteiger partial charge in [0, 0.05) is 19.6 Å². The summed E-state index contributed by atoms with van der Waals surface area (Å²) in [6.45, 7) is 3.99. The fourth-order valence-corrected chi connectivity index (χ4v) is 2.57. The number of hydrogen-bond acceptors (Lipinski definition) is 2. The van der Waals surface area contributed by atoms with E-state index in [1.807, 2.05) is 19.1 Å². The van der Waals surface area contributed by atoms with Crippen LogP contribution in [0.15, 0.2) is 42.5 Å². The van der Waals surface area contributed by atoms with E-state index < -0.39 is 6.10 Å². The highest BCUT2D eigenvalue weighted by Crippen LogP contribution is 2.16. The molecule has 0 aliphatic carbocycles. The van der Waals surface area contributed by atoms with Gasteiger partial charge >= 0.3 is 6.03 Å².